The minimum atomic E-state index is -3.81. The van der Waals surface area contributed by atoms with E-state index >= 15 is 0 Å². The molecule has 2 atom stereocenters. The summed E-state index contributed by atoms with van der Waals surface area (Å²) in [6.45, 7) is 2.29. The highest BCUT2D eigenvalue weighted by atomic mass is 35.5. The lowest BCUT2D eigenvalue weighted by Gasteiger charge is -2.19. The van der Waals surface area contributed by atoms with Crippen LogP contribution >= 0.6 is 11.6 Å². The lowest BCUT2D eigenvalue weighted by molar-refractivity contribution is -0.0964. The molecule has 2 unspecified atom stereocenters. The summed E-state index contributed by atoms with van der Waals surface area (Å²) in [4.78, 5) is 18.4. The van der Waals surface area contributed by atoms with Gasteiger partial charge in [0.25, 0.3) is 5.91 Å². The van der Waals surface area contributed by atoms with Gasteiger partial charge in [-0.3, -0.25) is 4.79 Å². The maximum Gasteiger partial charge on any atom is 0.487 e. The molecule has 1 aromatic carbocycles. The molecule has 3 rings (SSSR count). The van der Waals surface area contributed by atoms with Gasteiger partial charge in [-0.15, -0.1) is 8.78 Å². The van der Waals surface area contributed by atoms with Crippen LogP contribution in [0.2, 0.25) is 0 Å². The number of rotatable bonds is 5. The number of aliphatic hydroxyl groups is 2. The highest BCUT2D eigenvalue weighted by molar-refractivity contribution is 6.20. The van der Waals surface area contributed by atoms with E-state index in [0.29, 0.717) is 22.6 Å². The first-order valence-electron chi connectivity index (χ1n) is 8.37. The van der Waals surface area contributed by atoms with Crippen molar-refractivity contribution >= 4 is 29.0 Å². The maximum atomic E-state index is 12.6. The monoisotopic (exact) mass is 413 g/mol. The van der Waals surface area contributed by atoms with Gasteiger partial charge < -0.3 is 25.2 Å². The Morgan fingerprint density at radius 2 is 1.89 bits per heavy atom. The molecule has 3 N–H and O–H groups in total. The molecule has 150 valence electrons. The average molecular weight is 414 g/mol. The first kappa shape index (κ1) is 20.2. The number of carbonyl (C=O) groups is 1. The molecule has 0 aliphatic carbocycles. The molecule has 1 amide bonds. The number of carbonyl (C=O) groups excluding carboxylic acids is 1. The Bertz CT molecular complexity index is 851. The molecule has 1 saturated heterocycles. The first-order valence-corrected chi connectivity index (χ1v) is 8.75. The van der Waals surface area contributed by atoms with E-state index in [0.717, 1.165) is 0 Å². The summed E-state index contributed by atoms with van der Waals surface area (Å²) in [7, 11) is 0. The van der Waals surface area contributed by atoms with Crippen LogP contribution in [0.4, 0.5) is 20.3 Å². The highest BCUT2D eigenvalue weighted by Gasteiger charge is 2.31. The Labute approximate surface area is 164 Å². The number of aryl methyl sites for hydroxylation is 1. The van der Waals surface area contributed by atoms with Gasteiger partial charge >= 0.3 is 5.57 Å². The number of aliphatic hydroxyl groups excluding tert-OH is 2. The number of hydrogen-bond acceptors (Lipinski definition) is 6. The number of aromatic nitrogens is 1. The van der Waals surface area contributed by atoms with Crippen molar-refractivity contribution in [3.63, 3.8) is 0 Å². The summed E-state index contributed by atoms with van der Waals surface area (Å²) >= 11 is 4.70. The van der Waals surface area contributed by atoms with Crippen LogP contribution in [0.5, 0.6) is 5.75 Å². The van der Waals surface area contributed by atoms with Gasteiger partial charge in [0, 0.05) is 36.6 Å². The molecule has 10 heteroatoms. The number of pyridine rings is 1. The molecule has 2 aromatic rings. The number of β-amino-alcohol motifs (C(OH)–C–C–N with tert-alkyl or cyclic N) is 2. The van der Waals surface area contributed by atoms with Crippen molar-refractivity contribution in [3.8, 4) is 5.75 Å². The standard InChI is InChI=1S/C18H18ClF2N3O4/c1-10-6-11(7-22-16(10)24-8-14(25)15(26)9-24)17(27)23-12-2-4-13(5-3-12)28-18(19,20)21/h2-7,14-15,25-26H,8-9H2,1H3,(H,23,27). The molecule has 1 aliphatic heterocycles. The van der Waals surface area contributed by atoms with Crippen LogP contribution in [-0.4, -0.2) is 52.0 Å². The number of benzene rings is 1. The quantitative estimate of drug-likeness (QED) is 0.651. The normalized spacial score (nSPS) is 19.6. The van der Waals surface area contributed by atoms with Gasteiger partial charge in [-0.2, -0.15) is 0 Å². The number of nitrogens with zero attached hydrogens (tertiary/aromatic N) is 2. The third kappa shape index (κ3) is 4.86. The third-order valence-electron chi connectivity index (χ3n) is 4.22. The van der Waals surface area contributed by atoms with Gasteiger partial charge in [-0.1, -0.05) is 0 Å². The van der Waals surface area contributed by atoms with Crippen LogP contribution in [0.25, 0.3) is 0 Å². The van der Waals surface area contributed by atoms with Gasteiger partial charge in [0.2, 0.25) is 0 Å². The molecular formula is C18H18ClF2N3O4. The zero-order valence-corrected chi connectivity index (χ0v) is 15.5. The number of alkyl halides is 3. The van der Waals surface area contributed by atoms with E-state index in [9.17, 15) is 23.8 Å². The molecule has 1 aromatic heterocycles. The summed E-state index contributed by atoms with van der Waals surface area (Å²) < 4.78 is 29.4. The zero-order valence-electron chi connectivity index (χ0n) is 14.8. The number of anilines is 2. The summed E-state index contributed by atoms with van der Waals surface area (Å²) in [6.07, 6.45) is -0.287. The maximum absolute atomic E-state index is 12.6. The second kappa shape index (κ2) is 7.86. The molecule has 7 nitrogen and oxygen atoms in total. The molecule has 0 bridgehead atoms. The smallest absolute Gasteiger partial charge is 0.420 e. The molecule has 1 fully saturated rings. The van der Waals surface area contributed by atoms with E-state index in [1.165, 1.54) is 30.5 Å². The number of halogens is 3. The van der Waals surface area contributed by atoms with E-state index < -0.39 is 23.7 Å². The average Bonchev–Trinajstić information content (AvgIpc) is 2.94. The molecule has 1 aliphatic rings. The minimum Gasteiger partial charge on any atom is -0.420 e. The van der Waals surface area contributed by atoms with Crippen molar-refractivity contribution in [1.82, 2.24) is 4.98 Å². The SMILES string of the molecule is Cc1cc(C(=O)Nc2ccc(OC(F)(F)Cl)cc2)cnc1N1CC(O)C(O)C1. The van der Waals surface area contributed by atoms with Crippen LogP contribution in [0.1, 0.15) is 15.9 Å². The lowest BCUT2D eigenvalue weighted by atomic mass is 10.2. The van der Waals surface area contributed by atoms with Crippen molar-refractivity contribution in [2.45, 2.75) is 24.7 Å². The Hall–Kier alpha value is -2.49. The fourth-order valence-corrected chi connectivity index (χ4v) is 3.00. The highest BCUT2D eigenvalue weighted by Crippen LogP contribution is 2.26. The number of hydrogen-bond donors (Lipinski definition) is 3. The predicted molar refractivity (Wildman–Crippen MR) is 99.0 cm³/mol. The number of ether oxygens (including phenoxy) is 1. The van der Waals surface area contributed by atoms with Crippen LogP contribution in [-0.2, 0) is 0 Å². The Balaban J connectivity index is 1.67. The molecule has 0 radical (unpaired) electrons. The lowest BCUT2D eigenvalue weighted by Crippen LogP contribution is -2.23. The molecular weight excluding hydrogens is 396 g/mol. The van der Waals surface area contributed by atoms with Crippen LogP contribution in [0.3, 0.4) is 0 Å². The van der Waals surface area contributed by atoms with Gasteiger partial charge in [0.15, 0.2) is 0 Å². The van der Waals surface area contributed by atoms with Crippen LogP contribution in [0.15, 0.2) is 36.5 Å². The summed E-state index contributed by atoms with van der Waals surface area (Å²) in [5.74, 6) is 0.00508. The minimum absolute atomic E-state index is 0.144. The molecule has 28 heavy (non-hydrogen) atoms. The second-order valence-corrected chi connectivity index (χ2v) is 6.87. The Morgan fingerprint density at radius 1 is 1.29 bits per heavy atom. The topological polar surface area (TPSA) is 94.9 Å². The van der Waals surface area contributed by atoms with Gasteiger partial charge in [-0.05, 0) is 42.8 Å². The van der Waals surface area contributed by atoms with E-state index in [1.54, 1.807) is 17.9 Å². The second-order valence-electron chi connectivity index (χ2n) is 6.43. The summed E-state index contributed by atoms with van der Waals surface area (Å²) in [6, 6.07) is 6.94. The predicted octanol–water partition coefficient (Wildman–Crippen LogP) is 2.35. The Kier molecular flexibility index (Phi) is 5.69. The fourth-order valence-electron chi connectivity index (χ4n) is 2.91. The van der Waals surface area contributed by atoms with E-state index in [-0.39, 0.29) is 18.8 Å². The van der Waals surface area contributed by atoms with Crippen molar-refractivity contribution in [1.29, 1.82) is 0 Å². The van der Waals surface area contributed by atoms with Gasteiger partial charge in [0.1, 0.15) is 11.6 Å². The van der Waals surface area contributed by atoms with Gasteiger partial charge in [0.05, 0.1) is 17.8 Å². The van der Waals surface area contributed by atoms with Crippen LogP contribution < -0.4 is 15.0 Å². The van der Waals surface area contributed by atoms with Crippen LogP contribution in [0, 0.1) is 6.92 Å². The van der Waals surface area contributed by atoms with E-state index in [2.05, 4.69) is 15.0 Å². The number of amides is 1. The molecule has 2 heterocycles. The molecule has 0 spiro atoms. The van der Waals surface area contributed by atoms with Crippen molar-refractivity contribution in [3.05, 3.63) is 47.7 Å². The Morgan fingerprint density at radius 3 is 2.43 bits per heavy atom. The first-order chi connectivity index (χ1) is 13.1. The van der Waals surface area contributed by atoms with E-state index in [4.69, 9.17) is 11.6 Å². The number of nitrogens with one attached hydrogen (secondary N) is 1. The molecule has 0 saturated carbocycles. The summed E-state index contributed by atoms with van der Waals surface area (Å²) in [5.41, 5.74) is -2.42. The largest absolute Gasteiger partial charge is 0.487 e. The van der Waals surface area contributed by atoms with Crippen molar-refractivity contribution in [2.24, 2.45) is 0 Å². The zero-order chi connectivity index (χ0) is 20.5. The third-order valence-corrected chi connectivity index (χ3v) is 4.29. The fraction of sp³-hybridized carbons (Fsp3) is 0.333. The van der Waals surface area contributed by atoms with Crippen molar-refractivity contribution in [2.75, 3.05) is 23.3 Å². The summed E-state index contributed by atoms with van der Waals surface area (Å²) in [5, 5.41) is 22.0. The van der Waals surface area contributed by atoms with E-state index in [1.807, 2.05) is 0 Å². The van der Waals surface area contributed by atoms with Gasteiger partial charge in [-0.25, -0.2) is 4.98 Å². The van der Waals surface area contributed by atoms with Crippen molar-refractivity contribution < 1.29 is 28.5 Å².